The van der Waals surface area contributed by atoms with Gasteiger partial charge in [0.2, 0.25) is 0 Å². The van der Waals surface area contributed by atoms with Gasteiger partial charge in [-0.1, -0.05) is 17.7 Å². The summed E-state index contributed by atoms with van der Waals surface area (Å²) in [5.74, 6) is 0.746. The van der Waals surface area contributed by atoms with Crippen molar-refractivity contribution < 1.29 is 9.53 Å². The molecule has 3 rings (SSSR count). The Morgan fingerprint density at radius 3 is 2.88 bits per heavy atom. The van der Waals surface area contributed by atoms with Crippen LogP contribution in [0.5, 0.6) is 5.75 Å². The molecule has 134 valence electrons. The lowest BCUT2D eigenvalue weighted by atomic mass is 10.1. The minimum atomic E-state index is -0.0741. The average Bonchev–Trinajstić information content (AvgIpc) is 3.13. The molecule has 1 atom stereocenters. The maximum absolute atomic E-state index is 12.5. The number of hydrogen-bond donors (Lipinski definition) is 1. The molecule has 2 aromatic rings. The Balaban J connectivity index is 1.50. The first-order valence-electron chi connectivity index (χ1n) is 8.84. The highest BCUT2D eigenvalue weighted by atomic mass is 16.5. The molecule has 1 amide bonds. The maximum atomic E-state index is 12.5. The molecule has 1 aromatic carbocycles. The third-order valence-corrected chi connectivity index (χ3v) is 4.54. The zero-order chi connectivity index (χ0) is 17.6. The Kier molecular flexibility index (Phi) is 5.71. The van der Waals surface area contributed by atoms with E-state index < -0.39 is 0 Å². The second-order valence-electron chi connectivity index (χ2n) is 6.57. The first-order chi connectivity index (χ1) is 12.1. The normalized spacial score (nSPS) is 17.3. The van der Waals surface area contributed by atoms with Crippen LogP contribution in [-0.4, -0.2) is 53.9 Å². The molecular formula is C19H26N4O2. The predicted molar refractivity (Wildman–Crippen MR) is 97.0 cm³/mol. The van der Waals surface area contributed by atoms with E-state index >= 15 is 0 Å². The molecule has 0 aliphatic carbocycles. The number of carbonyl (C=O) groups excluding carboxylic acids is 1. The molecule has 1 aromatic heterocycles. The molecule has 25 heavy (non-hydrogen) atoms. The molecule has 1 N–H and O–H groups in total. The zero-order valence-corrected chi connectivity index (χ0v) is 14.9. The van der Waals surface area contributed by atoms with Crippen LogP contribution in [0, 0.1) is 6.92 Å². The van der Waals surface area contributed by atoms with Crippen LogP contribution in [0.1, 0.15) is 34.9 Å². The first kappa shape index (κ1) is 17.5. The highest BCUT2D eigenvalue weighted by molar-refractivity contribution is 5.92. The van der Waals surface area contributed by atoms with Gasteiger partial charge in [-0.25, -0.2) is 0 Å². The van der Waals surface area contributed by atoms with Crippen LogP contribution in [0.3, 0.4) is 0 Å². The van der Waals surface area contributed by atoms with Crippen LogP contribution in [0.25, 0.3) is 0 Å². The predicted octanol–water partition coefficient (Wildman–Crippen LogP) is 2.27. The summed E-state index contributed by atoms with van der Waals surface area (Å²) in [6.45, 7) is 4.99. The summed E-state index contributed by atoms with van der Waals surface area (Å²) in [6.07, 6.45) is 4.15. The van der Waals surface area contributed by atoms with Crippen molar-refractivity contribution >= 4 is 5.91 Å². The van der Waals surface area contributed by atoms with E-state index in [1.165, 1.54) is 5.56 Å². The van der Waals surface area contributed by atoms with Gasteiger partial charge in [-0.05, 0) is 44.5 Å². The van der Waals surface area contributed by atoms with E-state index in [9.17, 15) is 4.79 Å². The second kappa shape index (κ2) is 8.16. The molecule has 1 aliphatic heterocycles. The van der Waals surface area contributed by atoms with E-state index in [0.29, 0.717) is 24.9 Å². The number of carbonyl (C=O) groups is 1. The van der Waals surface area contributed by atoms with Gasteiger partial charge in [-0.2, -0.15) is 5.10 Å². The van der Waals surface area contributed by atoms with Crippen LogP contribution in [0.2, 0.25) is 0 Å². The summed E-state index contributed by atoms with van der Waals surface area (Å²) in [7, 11) is 1.78. The number of nitrogens with one attached hydrogen (secondary N) is 1. The third-order valence-electron chi connectivity index (χ3n) is 4.54. The molecule has 0 spiro atoms. The van der Waals surface area contributed by atoms with Gasteiger partial charge in [-0.15, -0.1) is 0 Å². The van der Waals surface area contributed by atoms with E-state index in [4.69, 9.17) is 4.74 Å². The van der Waals surface area contributed by atoms with E-state index in [-0.39, 0.29) is 5.91 Å². The molecule has 6 nitrogen and oxygen atoms in total. The van der Waals surface area contributed by atoms with Gasteiger partial charge in [0.25, 0.3) is 5.91 Å². The maximum Gasteiger partial charge on any atom is 0.274 e. The van der Waals surface area contributed by atoms with Crippen molar-refractivity contribution in [1.82, 2.24) is 20.0 Å². The van der Waals surface area contributed by atoms with Gasteiger partial charge >= 0.3 is 0 Å². The Hall–Kier alpha value is -2.34. The Labute approximate surface area is 148 Å². The average molecular weight is 342 g/mol. The number of nitrogens with zero attached hydrogens (tertiary/aromatic N) is 3. The highest BCUT2D eigenvalue weighted by Crippen LogP contribution is 2.16. The fourth-order valence-electron chi connectivity index (χ4n) is 2.95. The zero-order valence-electron chi connectivity index (χ0n) is 14.9. The molecule has 0 saturated carbocycles. The summed E-state index contributed by atoms with van der Waals surface area (Å²) in [5.41, 5.74) is 1.69. The molecule has 1 saturated heterocycles. The number of hydrogen-bond acceptors (Lipinski definition) is 4. The fraction of sp³-hybridized carbons (Fsp3) is 0.474. The number of aromatic nitrogens is 2. The molecule has 6 heteroatoms. The quantitative estimate of drug-likeness (QED) is 0.875. The molecule has 2 heterocycles. The molecule has 0 bridgehead atoms. The molecule has 1 aliphatic rings. The third kappa shape index (κ3) is 4.60. The largest absolute Gasteiger partial charge is 0.492 e. The van der Waals surface area contributed by atoms with Crippen molar-refractivity contribution in [1.29, 1.82) is 0 Å². The number of likely N-dealkylation sites (N-methyl/N-ethyl adjacent to an activating group) is 1. The van der Waals surface area contributed by atoms with Crippen LogP contribution >= 0.6 is 0 Å². The van der Waals surface area contributed by atoms with Crippen LogP contribution in [0.15, 0.2) is 36.5 Å². The van der Waals surface area contributed by atoms with Crippen molar-refractivity contribution in [3.8, 4) is 5.75 Å². The SMILES string of the molecule is Cc1ccc(OCCN(C)C(=O)c2ccn(C3CCCNC3)n2)cc1. The van der Waals surface area contributed by atoms with E-state index in [1.807, 2.05) is 42.1 Å². The Morgan fingerprint density at radius 1 is 1.36 bits per heavy atom. The summed E-state index contributed by atoms with van der Waals surface area (Å²) >= 11 is 0. The fourth-order valence-corrected chi connectivity index (χ4v) is 2.95. The number of amides is 1. The van der Waals surface area contributed by atoms with Crippen molar-refractivity contribution in [2.45, 2.75) is 25.8 Å². The van der Waals surface area contributed by atoms with E-state index in [0.717, 1.165) is 31.7 Å². The molecule has 1 fully saturated rings. The van der Waals surface area contributed by atoms with E-state index in [2.05, 4.69) is 10.4 Å². The van der Waals surface area contributed by atoms with Crippen molar-refractivity contribution in [2.24, 2.45) is 0 Å². The van der Waals surface area contributed by atoms with Crippen LogP contribution in [-0.2, 0) is 0 Å². The van der Waals surface area contributed by atoms with Gasteiger partial charge < -0.3 is 15.0 Å². The van der Waals surface area contributed by atoms with Gasteiger partial charge in [0.05, 0.1) is 12.6 Å². The number of benzene rings is 1. The minimum Gasteiger partial charge on any atom is -0.492 e. The van der Waals surface area contributed by atoms with Gasteiger partial charge in [-0.3, -0.25) is 9.48 Å². The smallest absolute Gasteiger partial charge is 0.274 e. The molecule has 0 radical (unpaired) electrons. The Bertz CT molecular complexity index is 690. The van der Waals surface area contributed by atoms with Gasteiger partial charge in [0.1, 0.15) is 18.1 Å². The number of rotatable bonds is 6. The van der Waals surface area contributed by atoms with E-state index in [1.54, 1.807) is 18.0 Å². The van der Waals surface area contributed by atoms with Gasteiger partial charge in [0, 0.05) is 19.8 Å². The number of ether oxygens (including phenoxy) is 1. The highest BCUT2D eigenvalue weighted by Gasteiger charge is 2.19. The van der Waals surface area contributed by atoms with Crippen LogP contribution < -0.4 is 10.1 Å². The minimum absolute atomic E-state index is 0.0741. The summed E-state index contributed by atoms with van der Waals surface area (Å²) in [6, 6.07) is 10.0. The summed E-state index contributed by atoms with van der Waals surface area (Å²) < 4.78 is 7.60. The number of aryl methyl sites for hydroxylation is 1. The Morgan fingerprint density at radius 2 is 2.16 bits per heavy atom. The van der Waals surface area contributed by atoms with Crippen molar-refractivity contribution in [3.05, 3.63) is 47.8 Å². The summed E-state index contributed by atoms with van der Waals surface area (Å²) in [5, 5.41) is 7.84. The lowest BCUT2D eigenvalue weighted by molar-refractivity contribution is 0.0766. The lowest BCUT2D eigenvalue weighted by Gasteiger charge is -2.23. The topological polar surface area (TPSA) is 59.4 Å². The lowest BCUT2D eigenvalue weighted by Crippen LogP contribution is -2.33. The second-order valence-corrected chi connectivity index (χ2v) is 6.57. The monoisotopic (exact) mass is 342 g/mol. The van der Waals surface area contributed by atoms with Crippen LogP contribution in [0.4, 0.5) is 0 Å². The van der Waals surface area contributed by atoms with Crippen molar-refractivity contribution in [3.63, 3.8) is 0 Å². The van der Waals surface area contributed by atoms with Crippen molar-refractivity contribution in [2.75, 3.05) is 33.3 Å². The molecule has 1 unspecified atom stereocenters. The number of piperidine rings is 1. The first-order valence-corrected chi connectivity index (χ1v) is 8.84. The molecular weight excluding hydrogens is 316 g/mol. The standard InChI is InChI=1S/C19H26N4O2/c1-15-5-7-17(8-6-15)25-13-12-22(2)19(24)18-9-11-23(21-18)16-4-3-10-20-14-16/h5-9,11,16,20H,3-4,10,12-14H2,1-2H3. The van der Waals surface area contributed by atoms with Gasteiger partial charge in [0.15, 0.2) is 0 Å². The summed E-state index contributed by atoms with van der Waals surface area (Å²) in [4.78, 5) is 14.2.